The van der Waals surface area contributed by atoms with E-state index in [0.29, 0.717) is 12.0 Å². The van der Waals surface area contributed by atoms with Crippen LogP contribution in [0.5, 0.6) is 0 Å². The van der Waals surface area contributed by atoms with Gasteiger partial charge in [-0.1, -0.05) is 6.42 Å². The molecule has 0 saturated heterocycles. The molecule has 0 aromatic heterocycles. The van der Waals surface area contributed by atoms with E-state index in [9.17, 15) is 5.11 Å². The lowest BCUT2D eigenvalue weighted by molar-refractivity contribution is 0.0941. The van der Waals surface area contributed by atoms with Gasteiger partial charge in [-0.05, 0) is 45.6 Å². The van der Waals surface area contributed by atoms with Crippen molar-refractivity contribution in [3.05, 3.63) is 0 Å². The molecule has 0 aromatic rings. The highest BCUT2D eigenvalue weighted by Gasteiger charge is 2.20. The fourth-order valence-corrected chi connectivity index (χ4v) is 2.17. The minimum atomic E-state index is -0.0623. The van der Waals surface area contributed by atoms with Gasteiger partial charge >= 0.3 is 0 Å². The van der Waals surface area contributed by atoms with Crippen molar-refractivity contribution in [1.82, 2.24) is 5.32 Å². The zero-order valence-corrected chi connectivity index (χ0v) is 10.0. The van der Waals surface area contributed by atoms with Crippen molar-refractivity contribution in [2.75, 3.05) is 19.8 Å². The molecule has 0 aromatic carbocycles. The van der Waals surface area contributed by atoms with E-state index in [0.717, 1.165) is 32.6 Å². The first-order valence-electron chi connectivity index (χ1n) is 6.21. The van der Waals surface area contributed by atoms with Crippen molar-refractivity contribution in [2.45, 2.75) is 51.7 Å². The first kappa shape index (κ1) is 12.9. The second-order valence-corrected chi connectivity index (χ2v) is 4.66. The molecule has 0 amide bonds. The highest BCUT2D eigenvalue weighted by Crippen LogP contribution is 2.23. The number of aliphatic hydroxyl groups excluding tert-OH is 1. The molecule has 3 atom stereocenters. The lowest BCUT2D eigenvalue weighted by Gasteiger charge is -2.27. The van der Waals surface area contributed by atoms with Gasteiger partial charge in [-0.25, -0.2) is 0 Å². The Bertz CT molecular complexity index is 164. The predicted octanol–water partition coefficient (Wildman–Crippen LogP) is 1.55. The quantitative estimate of drug-likeness (QED) is 0.706. The maximum atomic E-state index is 9.53. The number of hydrogen-bond acceptors (Lipinski definition) is 3. The van der Waals surface area contributed by atoms with Gasteiger partial charge in [0.25, 0.3) is 0 Å². The number of nitrogens with one attached hydrogen (secondary N) is 1. The van der Waals surface area contributed by atoms with Crippen LogP contribution in [0.2, 0.25) is 0 Å². The number of ether oxygens (including phenoxy) is 1. The molecular weight excluding hydrogens is 190 g/mol. The van der Waals surface area contributed by atoms with Crippen LogP contribution < -0.4 is 5.32 Å². The average Bonchev–Trinajstić information content (AvgIpc) is 2.23. The fourth-order valence-electron chi connectivity index (χ4n) is 2.17. The molecule has 0 heterocycles. The Morgan fingerprint density at radius 3 is 2.93 bits per heavy atom. The second-order valence-electron chi connectivity index (χ2n) is 4.66. The van der Waals surface area contributed by atoms with Gasteiger partial charge in [0.1, 0.15) is 0 Å². The molecule has 3 unspecified atom stereocenters. The van der Waals surface area contributed by atoms with E-state index in [-0.39, 0.29) is 6.10 Å². The maximum absolute atomic E-state index is 9.53. The first-order chi connectivity index (χ1) is 7.22. The van der Waals surface area contributed by atoms with Gasteiger partial charge in [0.05, 0.1) is 12.7 Å². The van der Waals surface area contributed by atoms with Crippen LogP contribution in [0, 0.1) is 5.92 Å². The van der Waals surface area contributed by atoms with Gasteiger partial charge < -0.3 is 15.2 Å². The van der Waals surface area contributed by atoms with Crippen molar-refractivity contribution >= 4 is 0 Å². The Balaban J connectivity index is 2.07. The number of hydrogen-bond donors (Lipinski definition) is 2. The average molecular weight is 215 g/mol. The molecule has 1 aliphatic carbocycles. The van der Waals surface area contributed by atoms with Crippen molar-refractivity contribution in [2.24, 2.45) is 5.92 Å². The topological polar surface area (TPSA) is 41.5 Å². The normalized spacial score (nSPS) is 29.0. The third kappa shape index (κ3) is 5.50. The molecule has 1 saturated carbocycles. The van der Waals surface area contributed by atoms with Crippen LogP contribution in [0.25, 0.3) is 0 Å². The Labute approximate surface area is 93.2 Å². The summed E-state index contributed by atoms with van der Waals surface area (Å²) in [5.41, 5.74) is 0. The van der Waals surface area contributed by atoms with Crippen LogP contribution in [0.1, 0.15) is 39.5 Å². The van der Waals surface area contributed by atoms with Gasteiger partial charge in [-0.3, -0.25) is 0 Å². The standard InChI is InChI=1S/C12H25NO2/c1-3-15-9-10(2)13-8-11-5-4-6-12(14)7-11/h10-14H,3-9H2,1-2H3. The van der Waals surface area contributed by atoms with Crippen LogP contribution in [-0.4, -0.2) is 37.0 Å². The van der Waals surface area contributed by atoms with E-state index in [1.165, 1.54) is 12.8 Å². The third-order valence-corrected chi connectivity index (χ3v) is 3.08. The lowest BCUT2D eigenvalue weighted by atomic mass is 9.87. The highest BCUT2D eigenvalue weighted by atomic mass is 16.5. The van der Waals surface area contributed by atoms with Crippen LogP contribution in [0.3, 0.4) is 0 Å². The molecule has 3 heteroatoms. The largest absolute Gasteiger partial charge is 0.393 e. The van der Waals surface area contributed by atoms with Crippen molar-refractivity contribution < 1.29 is 9.84 Å². The van der Waals surface area contributed by atoms with Crippen molar-refractivity contribution in [1.29, 1.82) is 0 Å². The molecule has 1 aliphatic rings. The summed E-state index contributed by atoms with van der Waals surface area (Å²) >= 11 is 0. The van der Waals surface area contributed by atoms with E-state index in [2.05, 4.69) is 12.2 Å². The fraction of sp³-hybridized carbons (Fsp3) is 1.00. The van der Waals surface area contributed by atoms with E-state index in [1.54, 1.807) is 0 Å². The van der Waals surface area contributed by atoms with Crippen LogP contribution in [0.15, 0.2) is 0 Å². The summed E-state index contributed by atoms with van der Waals surface area (Å²) < 4.78 is 5.34. The van der Waals surface area contributed by atoms with Crippen LogP contribution in [-0.2, 0) is 4.74 Å². The monoisotopic (exact) mass is 215 g/mol. The molecule has 1 fully saturated rings. The molecule has 3 nitrogen and oxygen atoms in total. The van der Waals surface area contributed by atoms with Gasteiger partial charge in [0, 0.05) is 12.6 Å². The minimum Gasteiger partial charge on any atom is -0.393 e. The van der Waals surface area contributed by atoms with Gasteiger partial charge in [0.2, 0.25) is 0 Å². The molecule has 15 heavy (non-hydrogen) atoms. The predicted molar refractivity (Wildman–Crippen MR) is 61.9 cm³/mol. The molecule has 0 aliphatic heterocycles. The highest BCUT2D eigenvalue weighted by molar-refractivity contribution is 4.75. The summed E-state index contributed by atoms with van der Waals surface area (Å²) in [6.07, 6.45) is 4.32. The molecule has 90 valence electrons. The van der Waals surface area contributed by atoms with E-state index >= 15 is 0 Å². The molecule has 1 rings (SSSR count). The van der Waals surface area contributed by atoms with E-state index < -0.39 is 0 Å². The molecule has 0 spiro atoms. The maximum Gasteiger partial charge on any atom is 0.0616 e. The lowest BCUT2D eigenvalue weighted by Crippen LogP contribution is -2.36. The van der Waals surface area contributed by atoms with Gasteiger partial charge in [0.15, 0.2) is 0 Å². The molecular formula is C12H25NO2. The summed E-state index contributed by atoms with van der Waals surface area (Å²) in [5, 5.41) is 13.0. The number of aliphatic hydroxyl groups is 1. The molecule has 2 N–H and O–H groups in total. The van der Waals surface area contributed by atoms with Crippen LogP contribution >= 0.6 is 0 Å². The Morgan fingerprint density at radius 2 is 2.27 bits per heavy atom. The Hall–Kier alpha value is -0.120. The third-order valence-electron chi connectivity index (χ3n) is 3.08. The van der Waals surface area contributed by atoms with Crippen LogP contribution in [0.4, 0.5) is 0 Å². The SMILES string of the molecule is CCOCC(C)NCC1CCCC(O)C1. The van der Waals surface area contributed by atoms with E-state index in [4.69, 9.17) is 4.74 Å². The summed E-state index contributed by atoms with van der Waals surface area (Å²) in [7, 11) is 0. The van der Waals surface area contributed by atoms with Gasteiger partial charge in [-0.2, -0.15) is 0 Å². The van der Waals surface area contributed by atoms with Gasteiger partial charge in [-0.15, -0.1) is 0 Å². The first-order valence-corrected chi connectivity index (χ1v) is 6.21. The van der Waals surface area contributed by atoms with Crippen molar-refractivity contribution in [3.63, 3.8) is 0 Å². The Kier molecular flexibility index (Phi) is 6.22. The van der Waals surface area contributed by atoms with E-state index in [1.807, 2.05) is 6.92 Å². The summed E-state index contributed by atoms with van der Waals surface area (Å²) in [6, 6.07) is 0.420. The zero-order chi connectivity index (χ0) is 11.1. The molecule has 0 radical (unpaired) electrons. The minimum absolute atomic E-state index is 0.0623. The summed E-state index contributed by atoms with van der Waals surface area (Å²) in [6.45, 7) is 6.75. The number of rotatable bonds is 6. The molecule has 0 bridgehead atoms. The summed E-state index contributed by atoms with van der Waals surface area (Å²) in [5.74, 6) is 0.651. The second kappa shape index (κ2) is 7.20. The Morgan fingerprint density at radius 1 is 1.47 bits per heavy atom. The summed E-state index contributed by atoms with van der Waals surface area (Å²) in [4.78, 5) is 0. The van der Waals surface area contributed by atoms with Crippen molar-refractivity contribution in [3.8, 4) is 0 Å². The smallest absolute Gasteiger partial charge is 0.0616 e. The zero-order valence-electron chi connectivity index (χ0n) is 10.0.